The molecular formula is C25H32N2O3. The minimum absolute atomic E-state index is 0.00634. The van der Waals surface area contributed by atoms with Gasteiger partial charge in [0.05, 0.1) is 11.7 Å². The molecule has 0 aromatic heterocycles. The van der Waals surface area contributed by atoms with Crippen molar-refractivity contribution in [1.82, 2.24) is 5.32 Å². The van der Waals surface area contributed by atoms with Crippen molar-refractivity contribution < 1.29 is 14.3 Å². The number of benzene rings is 2. The quantitative estimate of drug-likeness (QED) is 0.685. The van der Waals surface area contributed by atoms with Crippen LogP contribution in [-0.4, -0.2) is 25.0 Å². The Balaban J connectivity index is 1.62. The van der Waals surface area contributed by atoms with Crippen molar-refractivity contribution in [3.8, 4) is 5.75 Å². The summed E-state index contributed by atoms with van der Waals surface area (Å²) in [5.41, 5.74) is 3.09. The number of hydrogen-bond acceptors (Lipinski definition) is 3. The topological polar surface area (TPSA) is 58.6 Å². The molecule has 1 N–H and O–H groups in total. The number of carbonyl (C=O) groups excluding carboxylic acids is 2. The lowest BCUT2D eigenvalue weighted by atomic mass is 9.82. The molecule has 30 heavy (non-hydrogen) atoms. The molecule has 2 amide bonds. The smallest absolute Gasteiger partial charge is 0.265 e. The molecule has 0 unspecified atom stereocenters. The molecule has 5 nitrogen and oxygen atoms in total. The predicted octanol–water partition coefficient (Wildman–Crippen LogP) is 4.76. The average Bonchev–Trinajstić information content (AvgIpc) is 2.75. The molecule has 1 heterocycles. The summed E-state index contributed by atoms with van der Waals surface area (Å²) in [6.07, 6.45) is 1.97. The Bertz CT molecular complexity index is 893. The summed E-state index contributed by atoms with van der Waals surface area (Å²) in [6, 6.07) is 16.0. The van der Waals surface area contributed by atoms with E-state index in [4.69, 9.17) is 4.74 Å². The first-order valence-corrected chi connectivity index (χ1v) is 10.7. The second kappa shape index (κ2) is 9.33. The number of ether oxygens (including phenoxy) is 1. The first-order chi connectivity index (χ1) is 14.3. The van der Waals surface area contributed by atoms with Gasteiger partial charge in [0, 0.05) is 13.0 Å². The van der Waals surface area contributed by atoms with Gasteiger partial charge in [-0.3, -0.25) is 9.59 Å². The summed E-state index contributed by atoms with van der Waals surface area (Å²) in [4.78, 5) is 26.7. The van der Waals surface area contributed by atoms with Gasteiger partial charge in [0.1, 0.15) is 5.75 Å². The molecule has 5 heteroatoms. The molecule has 0 saturated carbocycles. The van der Waals surface area contributed by atoms with Gasteiger partial charge in [-0.25, -0.2) is 0 Å². The van der Waals surface area contributed by atoms with Crippen LogP contribution in [0.5, 0.6) is 5.75 Å². The van der Waals surface area contributed by atoms with Gasteiger partial charge in [0.2, 0.25) is 5.91 Å². The number of hydrogen-bond donors (Lipinski definition) is 1. The fraction of sp³-hybridized carbons (Fsp3) is 0.440. The first kappa shape index (κ1) is 21.9. The van der Waals surface area contributed by atoms with Gasteiger partial charge >= 0.3 is 0 Å². The van der Waals surface area contributed by atoms with Crippen molar-refractivity contribution in [2.45, 2.75) is 58.4 Å². The normalized spacial score (nSPS) is 14.7. The van der Waals surface area contributed by atoms with Crippen LogP contribution in [0.25, 0.3) is 0 Å². The predicted molar refractivity (Wildman–Crippen MR) is 120 cm³/mol. The highest BCUT2D eigenvalue weighted by Crippen LogP contribution is 2.37. The second-order valence-electron chi connectivity index (χ2n) is 8.56. The molecule has 3 rings (SSSR count). The summed E-state index contributed by atoms with van der Waals surface area (Å²) in [6.45, 7) is 9.07. The van der Waals surface area contributed by atoms with E-state index in [9.17, 15) is 9.59 Å². The van der Waals surface area contributed by atoms with Gasteiger partial charge in [-0.15, -0.1) is 0 Å². The fourth-order valence-corrected chi connectivity index (χ4v) is 3.61. The van der Waals surface area contributed by atoms with Crippen LogP contribution < -0.4 is 15.0 Å². The zero-order chi connectivity index (χ0) is 21.7. The highest BCUT2D eigenvalue weighted by atomic mass is 16.5. The molecule has 2 aromatic rings. The second-order valence-corrected chi connectivity index (χ2v) is 8.56. The minimum atomic E-state index is -0.0629. The third-order valence-corrected chi connectivity index (χ3v) is 6.03. The number of fused-ring (bicyclic) bond motifs is 1. The number of anilines is 1. The van der Waals surface area contributed by atoms with Gasteiger partial charge in [0.15, 0.2) is 6.61 Å². The monoisotopic (exact) mass is 408 g/mol. The Hall–Kier alpha value is -2.82. The lowest BCUT2D eigenvalue weighted by Crippen LogP contribution is -2.40. The van der Waals surface area contributed by atoms with E-state index in [0.717, 1.165) is 23.4 Å². The van der Waals surface area contributed by atoms with Crippen LogP contribution in [0.1, 0.15) is 64.1 Å². The van der Waals surface area contributed by atoms with Crippen molar-refractivity contribution in [1.29, 1.82) is 0 Å². The molecule has 1 atom stereocenters. The van der Waals surface area contributed by atoms with Gasteiger partial charge in [0.25, 0.3) is 5.91 Å². The van der Waals surface area contributed by atoms with Crippen molar-refractivity contribution in [2.24, 2.45) is 0 Å². The zero-order valence-corrected chi connectivity index (χ0v) is 18.4. The Morgan fingerprint density at radius 3 is 2.63 bits per heavy atom. The highest BCUT2D eigenvalue weighted by Gasteiger charge is 2.28. The van der Waals surface area contributed by atoms with Crippen molar-refractivity contribution >= 4 is 17.5 Å². The van der Waals surface area contributed by atoms with Crippen LogP contribution in [0, 0.1) is 0 Å². The third kappa shape index (κ3) is 5.02. The maximum Gasteiger partial charge on any atom is 0.265 e. The van der Waals surface area contributed by atoms with E-state index in [0.29, 0.717) is 19.4 Å². The van der Waals surface area contributed by atoms with E-state index in [1.54, 1.807) is 4.90 Å². The van der Waals surface area contributed by atoms with E-state index in [-0.39, 0.29) is 29.9 Å². The Morgan fingerprint density at radius 2 is 1.93 bits per heavy atom. The Labute approximate surface area is 179 Å². The lowest BCUT2D eigenvalue weighted by molar-refractivity contribution is -0.123. The maximum atomic E-state index is 12.5. The number of amides is 2. The Morgan fingerprint density at radius 1 is 1.20 bits per heavy atom. The molecular weight excluding hydrogens is 376 g/mol. The summed E-state index contributed by atoms with van der Waals surface area (Å²) in [5, 5.41) is 3.03. The Kier molecular flexibility index (Phi) is 6.80. The SMILES string of the molecule is CCC(C)(C)c1ccc2c(c1)N(CCCC(=O)N[C@H](C)c1ccccc1)C(=O)CO2. The van der Waals surface area contributed by atoms with Crippen LogP contribution in [-0.2, 0) is 15.0 Å². The van der Waals surface area contributed by atoms with E-state index >= 15 is 0 Å². The van der Waals surface area contributed by atoms with Crippen LogP contribution in [0.2, 0.25) is 0 Å². The molecule has 1 aliphatic heterocycles. The van der Waals surface area contributed by atoms with Gasteiger partial charge in [-0.1, -0.05) is 57.2 Å². The van der Waals surface area contributed by atoms with E-state index < -0.39 is 0 Å². The van der Waals surface area contributed by atoms with Crippen LogP contribution in [0.4, 0.5) is 5.69 Å². The standard InChI is InChI=1S/C25H32N2O3/c1-5-25(3,4)20-13-14-22-21(16-20)27(24(29)17-30-22)15-9-12-23(28)26-18(2)19-10-7-6-8-11-19/h6-8,10-11,13-14,16,18H,5,9,12,15,17H2,1-4H3,(H,26,28)/t18-/m1/s1. The van der Waals surface area contributed by atoms with E-state index in [2.05, 4.69) is 38.2 Å². The first-order valence-electron chi connectivity index (χ1n) is 10.7. The fourth-order valence-electron chi connectivity index (χ4n) is 3.61. The summed E-state index contributed by atoms with van der Waals surface area (Å²) >= 11 is 0. The van der Waals surface area contributed by atoms with Crippen molar-refractivity contribution in [3.05, 3.63) is 59.7 Å². The van der Waals surface area contributed by atoms with E-state index in [1.165, 1.54) is 5.56 Å². The van der Waals surface area contributed by atoms with Gasteiger partial charge < -0.3 is 15.0 Å². The number of carbonyl (C=O) groups is 2. The summed E-state index contributed by atoms with van der Waals surface area (Å²) in [7, 11) is 0. The number of rotatable bonds is 8. The summed E-state index contributed by atoms with van der Waals surface area (Å²) in [5.74, 6) is 0.660. The highest BCUT2D eigenvalue weighted by molar-refractivity contribution is 5.98. The van der Waals surface area contributed by atoms with Crippen LogP contribution >= 0.6 is 0 Å². The van der Waals surface area contributed by atoms with Gasteiger partial charge in [-0.05, 0) is 48.4 Å². The molecule has 1 aliphatic rings. The largest absolute Gasteiger partial charge is 0.482 e. The zero-order valence-electron chi connectivity index (χ0n) is 18.4. The molecule has 160 valence electrons. The third-order valence-electron chi connectivity index (χ3n) is 6.03. The molecule has 0 aliphatic carbocycles. The van der Waals surface area contributed by atoms with Crippen molar-refractivity contribution in [3.63, 3.8) is 0 Å². The average molecular weight is 409 g/mol. The molecule has 0 saturated heterocycles. The molecule has 0 fully saturated rings. The lowest BCUT2D eigenvalue weighted by Gasteiger charge is -2.32. The van der Waals surface area contributed by atoms with E-state index in [1.807, 2.05) is 43.3 Å². The molecule has 0 radical (unpaired) electrons. The summed E-state index contributed by atoms with van der Waals surface area (Å²) < 4.78 is 5.63. The van der Waals surface area contributed by atoms with Crippen LogP contribution in [0.3, 0.4) is 0 Å². The number of nitrogens with zero attached hydrogens (tertiary/aromatic N) is 1. The molecule has 2 aromatic carbocycles. The molecule has 0 bridgehead atoms. The molecule has 0 spiro atoms. The van der Waals surface area contributed by atoms with Crippen molar-refractivity contribution in [2.75, 3.05) is 18.1 Å². The van der Waals surface area contributed by atoms with Crippen LogP contribution in [0.15, 0.2) is 48.5 Å². The number of nitrogens with one attached hydrogen (secondary N) is 1. The maximum absolute atomic E-state index is 12.5. The minimum Gasteiger partial charge on any atom is -0.482 e. The van der Waals surface area contributed by atoms with Gasteiger partial charge in [-0.2, -0.15) is 0 Å².